The van der Waals surface area contributed by atoms with E-state index in [0.29, 0.717) is 23.1 Å². The number of aromatic nitrogens is 4. The highest BCUT2D eigenvalue weighted by molar-refractivity contribution is 5.71. The number of nitrogens with zero attached hydrogens (tertiary/aromatic N) is 6. The Labute approximate surface area is 174 Å². The lowest BCUT2D eigenvalue weighted by Gasteiger charge is -2.17. The van der Waals surface area contributed by atoms with Crippen LogP contribution in [0.4, 0.5) is 17.3 Å². The molecule has 3 aromatic rings. The van der Waals surface area contributed by atoms with Crippen LogP contribution in [0.2, 0.25) is 0 Å². The summed E-state index contributed by atoms with van der Waals surface area (Å²) >= 11 is 0. The fraction of sp³-hybridized carbons (Fsp3) is 0.286. The topological polar surface area (TPSA) is 138 Å². The largest absolute Gasteiger partial charge is 0.490 e. The molecular formula is C21H22N8O. The van der Waals surface area contributed by atoms with Crippen molar-refractivity contribution in [2.45, 2.75) is 27.3 Å². The monoisotopic (exact) mass is 402 g/mol. The first-order valence-corrected chi connectivity index (χ1v) is 9.25. The van der Waals surface area contributed by atoms with Gasteiger partial charge in [0.1, 0.15) is 18.9 Å². The summed E-state index contributed by atoms with van der Waals surface area (Å²) in [5.41, 5.74) is 9.15. The third-order valence-corrected chi connectivity index (χ3v) is 4.27. The number of rotatable bonds is 7. The zero-order valence-electron chi connectivity index (χ0n) is 17.0. The van der Waals surface area contributed by atoms with Gasteiger partial charge in [-0.2, -0.15) is 15.6 Å². The van der Waals surface area contributed by atoms with Gasteiger partial charge >= 0.3 is 0 Å². The number of benzene rings is 1. The number of nitriles is 2. The third-order valence-electron chi connectivity index (χ3n) is 4.27. The summed E-state index contributed by atoms with van der Waals surface area (Å²) in [5.74, 6) is 0.929. The normalized spacial score (nSPS) is 10.8. The zero-order valence-corrected chi connectivity index (χ0v) is 17.0. The minimum Gasteiger partial charge on any atom is -0.490 e. The van der Waals surface area contributed by atoms with Crippen molar-refractivity contribution < 1.29 is 4.74 Å². The van der Waals surface area contributed by atoms with Gasteiger partial charge in [0.05, 0.1) is 40.8 Å². The Bertz CT molecular complexity index is 1140. The Morgan fingerprint density at radius 1 is 1.27 bits per heavy atom. The first-order chi connectivity index (χ1) is 14.3. The molecule has 9 heteroatoms. The molecule has 30 heavy (non-hydrogen) atoms. The maximum absolute atomic E-state index is 9.12. The van der Waals surface area contributed by atoms with Gasteiger partial charge in [0, 0.05) is 18.0 Å². The maximum atomic E-state index is 9.12. The van der Waals surface area contributed by atoms with Gasteiger partial charge in [-0.1, -0.05) is 0 Å². The highest BCUT2D eigenvalue weighted by Crippen LogP contribution is 2.31. The lowest BCUT2D eigenvalue weighted by Crippen LogP contribution is -2.19. The molecule has 0 unspecified atom stereocenters. The summed E-state index contributed by atoms with van der Waals surface area (Å²) < 4.78 is 7.23. The highest BCUT2D eigenvalue weighted by Gasteiger charge is 2.18. The van der Waals surface area contributed by atoms with Crippen molar-refractivity contribution in [2.24, 2.45) is 5.41 Å². The fourth-order valence-electron chi connectivity index (χ4n) is 2.63. The molecule has 1 aromatic carbocycles. The average molecular weight is 402 g/mol. The Kier molecular flexibility index (Phi) is 5.84. The van der Waals surface area contributed by atoms with Gasteiger partial charge in [0.2, 0.25) is 5.95 Å². The van der Waals surface area contributed by atoms with Crippen LogP contribution in [-0.2, 0) is 6.54 Å². The van der Waals surface area contributed by atoms with Gasteiger partial charge in [-0.25, -0.2) is 9.97 Å². The summed E-state index contributed by atoms with van der Waals surface area (Å²) in [6, 6.07) is 9.67. The molecule has 3 N–H and O–H groups in total. The molecule has 0 radical (unpaired) electrons. The summed E-state index contributed by atoms with van der Waals surface area (Å²) in [5, 5.41) is 25.0. The Balaban J connectivity index is 1.81. The Hall–Kier alpha value is -4.11. The van der Waals surface area contributed by atoms with Gasteiger partial charge in [0.15, 0.2) is 0 Å². The first kappa shape index (κ1) is 20.6. The van der Waals surface area contributed by atoms with Crippen LogP contribution in [0.25, 0.3) is 11.3 Å². The molecule has 0 saturated carbocycles. The molecule has 0 aliphatic rings. The zero-order chi connectivity index (χ0) is 21.7. The van der Waals surface area contributed by atoms with Crippen molar-refractivity contribution >= 4 is 17.3 Å². The predicted molar refractivity (Wildman–Crippen MR) is 113 cm³/mol. The van der Waals surface area contributed by atoms with Crippen molar-refractivity contribution in [2.75, 3.05) is 17.7 Å². The quantitative estimate of drug-likeness (QED) is 0.573. The molecule has 152 valence electrons. The average Bonchev–Trinajstić information content (AvgIpc) is 3.15. The van der Waals surface area contributed by atoms with E-state index in [9.17, 15) is 0 Å². The smallest absolute Gasteiger partial charge is 0.227 e. The molecule has 0 atom stereocenters. The van der Waals surface area contributed by atoms with Gasteiger partial charge < -0.3 is 15.8 Å². The number of ether oxygens (including phenoxy) is 1. The van der Waals surface area contributed by atoms with Crippen LogP contribution >= 0.6 is 0 Å². The van der Waals surface area contributed by atoms with E-state index in [1.165, 1.54) is 4.68 Å². The summed E-state index contributed by atoms with van der Waals surface area (Å²) in [7, 11) is 0. The molecule has 0 aliphatic heterocycles. The Morgan fingerprint density at radius 2 is 2.07 bits per heavy atom. The standard InChI is InChI=1S/C21H22N8O/c1-14-9-25-20(27-16-10-26-29(11-16)7-6-22)28-19(14)15-4-5-18(17(24)8-15)30-13-21(2,3)12-23/h4-5,8-11H,7,13,24H2,1-3H3,(H,25,27,28). The number of hydrogen-bond acceptors (Lipinski definition) is 8. The minimum atomic E-state index is -0.601. The van der Waals surface area contributed by atoms with E-state index < -0.39 is 5.41 Å². The van der Waals surface area contributed by atoms with E-state index >= 15 is 0 Å². The van der Waals surface area contributed by atoms with Crippen molar-refractivity contribution in [3.05, 3.63) is 42.4 Å². The highest BCUT2D eigenvalue weighted by atomic mass is 16.5. The lowest BCUT2D eigenvalue weighted by molar-refractivity contribution is 0.228. The van der Waals surface area contributed by atoms with E-state index in [2.05, 4.69) is 26.5 Å². The van der Waals surface area contributed by atoms with E-state index in [-0.39, 0.29) is 13.2 Å². The van der Waals surface area contributed by atoms with Crippen LogP contribution in [0, 0.1) is 35.0 Å². The Morgan fingerprint density at radius 3 is 2.77 bits per heavy atom. The second-order valence-electron chi connectivity index (χ2n) is 7.47. The second-order valence-corrected chi connectivity index (χ2v) is 7.47. The van der Waals surface area contributed by atoms with Crippen molar-refractivity contribution in [1.82, 2.24) is 19.7 Å². The lowest BCUT2D eigenvalue weighted by atomic mass is 9.97. The van der Waals surface area contributed by atoms with Crippen LogP contribution in [-0.4, -0.2) is 26.4 Å². The molecular weight excluding hydrogens is 380 g/mol. The van der Waals surface area contributed by atoms with Crippen LogP contribution < -0.4 is 15.8 Å². The molecule has 2 heterocycles. The number of nitrogen functional groups attached to an aromatic ring is 1. The number of nitrogens with two attached hydrogens (primary N) is 1. The molecule has 2 aromatic heterocycles. The van der Waals surface area contributed by atoms with Crippen molar-refractivity contribution in [3.8, 4) is 29.1 Å². The summed E-state index contributed by atoms with van der Waals surface area (Å²) in [6.45, 7) is 5.94. The molecule has 0 saturated heterocycles. The fourth-order valence-corrected chi connectivity index (χ4v) is 2.63. The number of nitrogens with one attached hydrogen (secondary N) is 1. The van der Waals surface area contributed by atoms with Gasteiger partial charge in [-0.3, -0.25) is 4.68 Å². The SMILES string of the molecule is Cc1cnc(Nc2cnn(CC#N)c2)nc1-c1ccc(OCC(C)(C)C#N)c(N)c1. The van der Waals surface area contributed by atoms with Gasteiger partial charge in [-0.15, -0.1) is 0 Å². The van der Waals surface area contributed by atoms with Gasteiger partial charge in [0.25, 0.3) is 0 Å². The molecule has 0 bridgehead atoms. The molecule has 0 fully saturated rings. The number of anilines is 3. The second kappa shape index (κ2) is 8.50. The number of aryl methyl sites for hydroxylation is 1. The summed E-state index contributed by atoms with van der Waals surface area (Å²) in [6.07, 6.45) is 5.03. The van der Waals surface area contributed by atoms with E-state index in [0.717, 1.165) is 16.8 Å². The molecule has 0 spiro atoms. The number of hydrogen-bond donors (Lipinski definition) is 2. The third kappa shape index (κ3) is 4.83. The molecule has 0 amide bonds. The van der Waals surface area contributed by atoms with E-state index in [1.807, 2.05) is 19.1 Å². The van der Waals surface area contributed by atoms with Crippen molar-refractivity contribution in [1.29, 1.82) is 10.5 Å². The molecule has 9 nitrogen and oxygen atoms in total. The molecule has 3 rings (SSSR count). The van der Waals surface area contributed by atoms with Crippen LogP contribution in [0.5, 0.6) is 5.75 Å². The van der Waals surface area contributed by atoms with Gasteiger partial charge in [-0.05, 0) is 44.5 Å². The van der Waals surface area contributed by atoms with E-state index in [1.54, 1.807) is 44.6 Å². The van der Waals surface area contributed by atoms with Crippen molar-refractivity contribution in [3.63, 3.8) is 0 Å². The van der Waals surface area contributed by atoms with Crippen LogP contribution in [0.3, 0.4) is 0 Å². The first-order valence-electron chi connectivity index (χ1n) is 9.25. The molecule has 0 aliphatic carbocycles. The minimum absolute atomic E-state index is 0.168. The summed E-state index contributed by atoms with van der Waals surface area (Å²) in [4.78, 5) is 8.91. The predicted octanol–water partition coefficient (Wildman–Crippen LogP) is 3.43. The van der Waals surface area contributed by atoms with Crippen LogP contribution in [0.1, 0.15) is 19.4 Å². The maximum Gasteiger partial charge on any atom is 0.227 e. The van der Waals surface area contributed by atoms with E-state index in [4.69, 9.17) is 21.0 Å². The van der Waals surface area contributed by atoms with Crippen LogP contribution in [0.15, 0.2) is 36.8 Å².